The Labute approximate surface area is 63.2 Å². The van der Waals surface area contributed by atoms with Crippen LogP contribution in [0.2, 0.25) is 0 Å². The summed E-state index contributed by atoms with van der Waals surface area (Å²) in [5, 5.41) is 3.42. The molecule has 0 amide bonds. The molecule has 0 bridgehead atoms. The van der Waals surface area contributed by atoms with Gasteiger partial charge in [0.05, 0.1) is 0 Å². The molecule has 1 saturated carbocycles. The molecule has 1 heteroatoms. The van der Waals surface area contributed by atoms with Crippen LogP contribution >= 0.6 is 0 Å². The van der Waals surface area contributed by atoms with E-state index in [9.17, 15) is 0 Å². The predicted octanol–water partition coefficient (Wildman–Crippen LogP) is 1.40. The van der Waals surface area contributed by atoms with Crippen molar-refractivity contribution in [2.75, 3.05) is 6.54 Å². The lowest BCUT2D eigenvalue weighted by atomic mass is 10.3. The van der Waals surface area contributed by atoms with Crippen LogP contribution in [-0.4, -0.2) is 12.6 Å². The minimum atomic E-state index is 0.790. The highest BCUT2D eigenvalue weighted by atomic mass is 15.0. The maximum atomic E-state index is 5.11. The van der Waals surface area contributed by atoms with Gasteiger partial charge in [-0.15, -0.1) is 12.3 Å². The van der Waals surface area contributed by atoms with Crippen molar-refractivity contribution in [3.63, 3.8) is 0 Å². The van der Waals surface area contributed by atoms with Crippen LogP contribution in [0.25, 0.3) is 0 Å². The van der Waals surface area contributed by atoms with Crippen LogP contribution in [0.5, 0.6) is 0 Å². The lowest BCUT2D eigenvalue weighted by Gasteiger charge is -1.97. The molecule has 0 heterocycles. The zero-order valence-electron chi connectivity index (χ0n) is 6.56. The van der Waals surface area contributed by atoms with E-state index < -0.39 is 0 Å². The fraction of sp³-hybridized carbons (Fsp3) is 0.778. The Morgan fingerprint density at radius 3 is 3.00 bits per heavy atom. The van der Waals surface area contributed by atoms with Gasteiger partial charge in [-0.2, -0.15) is 0 Å². The van der Waals surface area contributed by atoms with E-state index in [1.807, 2.05) is 0 Å². The van der Waals surface area contributed by atoms with Gasteiger partial charge in [-0.3, -0.25) is 0 Å². The second kappa shape index (κ2) is 3.63. The molecule has 0 saturated heterocycles. The summed E-state index contributed by atoms with van der Waals surface area (Å²) >= 11 is 0. The van der Waals surface area contributed by atoms with E-state index in [1.165, 1.54) is 12.8 Å². The highest BCUT2D eigenvalue weighted by Crippen LogP contribution is 2.32. The number of hydrogen-bond acceptors (Lipinski definition) is 1. The molecule has 0 aromatic rings. The molecule has 0 aromatic carbocycles. The third kappa shape index (κ3) is 2.04. The lowest BCUT2D eigenvalue weighted by molar-refractivity contribution is 0.631. The van der Waals surface area contributed by atoms with Gasteiger partial charge in [-0.25, -0.2) is 0 Å². The van der Waals surface area contributed by atoms with Crippen LogP contribution in [0, 0.1) is 18.3 Å². The quantitative estimate of drug-likeness (QED) is 0.456. The Balaban J connectivity index is 1.93. The summed E-state index contributed by atoms with van der Waals surface area (Å²) in [5.74, 6) is 3.56. The van der Waals surface area contributed by atoms with Crippen molar-refractivity contribution < 1.29 is 0 Å². The number of terminal acetylenes is 1. The van der Waals surface area contributed by atoms with E-state index >= 15 is 0 Å². The van der Waals surface area contributed by atoms with Gasteiger partial charge < -0.3 is 5.32 Å². The Kier molecular flexibility index (Phi) is 2.77. The summed E-state index contributed by atoms with van der Waals surface area (Å²) in [4.78, 5) is 0. The van der Waals surface area contributed by atoms with Crippen molar-refractivity contribution in [1.29, 1.82) is 0 Å². The molecule has 0 spiro atoms. The van der Waals surface area contributed by atoms with Crippen LogP contribution in [0.15, 0.2) is 0 Å². The third-order valence-electron chi connectivity index (χ3n) is 2.12. The summed E-state index contributed by atoms with van der Waals surface area (Å²) < 4.78 is 0. The van der Waals surface area contributed by atoms with Gasteiger partial charge in [0, 0.05) is 19.0 Å². The second-order valence-corrected chi connectivity index (χ2v) is 2.92. The maximum Gasteiger partial charge on any atom is 0.0212 e. The minimum absolute atomic E-state index is 0.790. The Morgan fingerprint density at radius 1 is 1.70 bits per heavy atom. The Bertz CT molecular complexity index is 134. The SMILES string of the molecule is C#CCCNC1CC1CC. The van der Waals surface area contributed by atoms with Crippen LogP contribution in [0.3, 0.4) is 0 Å². The smallest absolute Gasteiger partial charge is 0.0212 e. The first-order chi connectivity index (χ1) is 4.88. The monoisotopic (exact) mass is 137 g/mol. The predicted molar refractivity (Wildman–Crippen MR) is 43.6 cm³/mol. The van der Waals surface area contributed by atoms with E-state index in [0.29, 0.717) is 0 Å². The summed E-state index contributed by atoms with van der Waals surface area (Å²) in [6.45, 7) is 3.24. The van der Waals surface area contributed by atoms with Crippen LogP contribution in [-0.2, 0) is 0 Å². The van der Waals surface area contributed by atoms with Crippen molar-refractivity contribution in [1.82, 2.24) is 5.32 Å². The number of hydrogen-bond donors (Lipinski definition) is 1. The molecule has 1 N–H and O–H groups in total. The third-order valence-corrected chi connectivity index (χ3v) is 2.12. The first kappa shape index (κ1) is 7.63. The topological polar surface area (TPSA) is 12.0 Å². The number of nitrogens with one attached hydrogen (secondary N) is 1. The van der Waals surface area contributed by atoms with Gasteiger partial charge in [0.1, 0.15) is 0 Å². The average Bonchev–Trinajstić information content (AvgIpc) is 2.68. The van der Waals surface area contributed by atoms with E-state index in [-0.39, 0.29) is 0 Å². The summed E-state index contributed by atoms with van der Waals surface area (Å²) in [6, 6.07) is 0.790. The van der Waals surface area contributed by atoms with E-state index in [0.717, 1.165) is 24.9 Å². The molecule has 1 fully saturated rings. The van der Waals surface area contributed by atoms with E-state index in [4.69, 9.17) is 6.42 Å². The molecule has 56 valence electrons. The van der Waals surface area contributed by atoms with E-state index in [1.54, 1.807) is 0 Å². The van der Waals surface area contributed by atoms with Crippen molar-refractivity contribution >= 4 is 0 Å². The molecular formula is C9H15N. The fourth-order valence-corrected chi connectivity index (χ4v) is 1.28. The summed E-state index contributed by atoms with van der Waals surface area (Å²) in [5.41, 5.74) is 0. The molecule has 1 nitrogen and oxygen atoms in total. The van der Waals surface area contributed by atoms with Crippen LogP contribution in [0.4, 0.5) is 0 Å². The van der Waals surface area contributed by atoms with Crippen molar-refractivity contribution in [2.24, 2.45) is 5.92 Å². The molecule has 1 aliphatic rings. The first-order valence-electron chi connectivity index (χ1n) is 4.05. The molecule has 0 aromatic heterocycles. The molecular weight excluding hydrogens is 122 g/mol. The molecule has 1 rings (SSSR count). The zero-order valence-corrected chi connectivity index (χ0v) is 6.56. The standard InChI is InChI=1S/C9H15N/c1-3-5-6-10-9-7-8(9)4-2/h1,8-10H,4-7H2,2H3. The van der Waals surface area contributed by atoms with Gasteiger partial charge in [0.2, 0.25) is 0 Å². The summed E-state index contributed by atoms with van der Waals surface area (Å²) in [6.07, 6.45) is 8.66. The normalized spacial score (nSPS) is 29.6. The van der Waals surface area contributed by atoms with Gasteiger partial charge in [-0.05, 0) is 12.3 Å². The van der Waals surface area contributed by atoms with Gasteiger partial charge >= 0.3 is 0 Å². The molecule has 1 aliphatic carbocycles. The Morgan fingerprint density at radius 2 is 2.50 bits per heavy atom. The number of rotatable bonds is 4. The largest absolute Gasteiger partial charge is 0.313 e. The maximum absolute atomic E-state index is 5.11. The molecule has 0 aliphatic heterocycles. The van der Waals surface area contributed by atoms with Gasteiger partial charge in [0.15, 0.2) is 0 Å². The summed E-state index contributed by atoms with van der Waals surface area (Å²) in [7, 11) is 0. The molecule has 0 radical (unpaired) electrons. The zero-order chi connectivity index (χ0) is 7.40. The second-order valence-electron chi connectivity index (χ2n) is 2.92. The van der Waals surface area contributed by atoms with Crippen molar-refractivity contribution in [3.05, 3.63) is 0 Å². The van der Waals surface area contributed by atoms with Crippen molar-refractivity contribution in [2.45, 2.75) is 32.2 Å². The minimum Gasteiger partial charge on any atom is -0.313 e. The molecule has 2 unspecified atom stereocenters. The van der Waals surface area contributed by atoms with Crippen LogP contribution in [0.1, 0.15) is 26.2 Å². The van der Waals surface area contributed by atoms with Gasteiger partial charge in [0.25, 0.3) is 0 Å². The highest BCUT2D eigenvalue weighted by molar-refractivity contribution is 4.93. The molecule has 10 heavy (non-hydrogen) atoms. The lowest BCUT2D eigenvalue weighted by Crippen LogP contribution is -2.18. The molecule has 2 atom stereocenters. The fourth-order valence-electron chi connectivity index (χ4n) is 1.28. The van der Waals surface area contributed by atoms with E-state index in [2.05, 4.69) is 18.2 Å². The highest BCUT2D eigenvalue weighted by Gasteiger charge is 2.33. The van der Waals surface area contributed by atoms with Crippen molar-refractivity contribution in [3.8, 4) is 12.3 Å². The van der Waals surface area contributed by atoms with Gasteiger partial charge in [-0.1, -0.05) is 13.3 Å². The first-order valence-corrected chi connectivity index (χ1v) is 4.05. The average molecular weight is 137 g/mol. The van der Waals surface area contributed by atoms with Crippen LogP contribution < -0.4 is 5.32 Å². The Hall–Kier alpha value is -0.480.